The van der Waals surface area contributed by atoms with E-state index in [0.717, 1.165) is 17.6 Å². The van der Waals surface area contributed by atoms with Crippen LogP contribution in [0.4, 0.5) is 0 Å². The second kappa shape index (κ2) is 5.21. The summed E-state index contributed by atoms with van der Waals surface area (Å²) in [4.78, 5) is 16.2. The van der Waals surface area contributed by atoms with Gasteiger partial charge in [-0.25, -0.2) is 4.98 Å². The molecule has 0 aliphatic heterocycles. The zero-order valence-electron chi connectivity index (χ0n) is 11.1. The summed E-state index contributed by atoms with van der Waals surface area (Å²) in [6, 6.07) is 3.96. The van der Waals surface area contributed by atoms with Crippen LogP contribution in [0.3, 0.4) is 0 Å². The van der Waals surface area contributed by atoms with Gasteiger partial charge in [-0.1, -0.05) is 13.8 Å². The number of nitrogens with one attached hydrogen (secondary N) is 1. The Morgan fingerprint density at radius 2 is 2.28 bits per heavy atom. The van der Waals surface area contributed by atoms with Gasteiger partial charge in [0, 0.05) is 18.9 Å². The van der Waals surface area contributed by atoms with Gasteiger partial charge >= 0.3 is 0 Å². The maximum atomic E-state index is 11.9. The summed E-state index contributed by atoms with van der Waals surface area (Å²) in [5.74, 6) is 0.492. The summed E-state index contributed by atoms with van der Waals surface area (Å²) >= 11 is 0. The standard InChI is InChI=1S/C14H19N3O/c1-10(2)4-6-15-14(18)12-9-17-7-5-11(3)8-13(17)16-12/h5,7-10H,4,6H2,1-3H3,(H,15,18). The Morgan fingerprint density at radius 3 is 3.00 bits per heavy atom. The summed E-state index contributed by atoms with van der Waals surface area (Å²) in [5, 5.41) is 2.89. The van der Waals surface area contributed by atoms with Crippen molar-refractivity contribution in [3.63, 3.8) is 0 Å². The van der Waals surface area contributed by atoms with Crippen LogP contribution in [0.5, 0.6) is 0 Å². The third kappa shape index (κ3) is 2.88. The van der Waals surface area contributed by atoms with Gasteiger partial charge in [0.15, 0.2) is 0 Å². The van der Waals surface area contributed by atoms with E-state index < -0.39 is 0 Å². The van der Waals surface area contributed by atoms with Gasteiger partial charge in [-0.15, -0.1) is 0 Å². The number of amides is 1. The van der Waals surface area contributed by atoms with Crippen molar-refractivity contribution in [2.75, 3.05) is 6.54 Å². The van der Waals surface area contributed by atoms with E-state index in [1.54, 1.807) is 6.20 Å². The summed E-state index contributed by atoms with van der Waals surface area (Å²) in [5.41, 5.74) is 2.42. The van der Waals surface area contributed by atoms with Gasteiger partial charge in [-0.05, 0) is 37.0 Å². The van der Waals surface area contributed by atoms with Crippen molar-refractivity contribution in [1.29, 1.82) is 0 Å². The highest BCUT2D eigenvalue weighted by molar-refractivity contribution is 5.92. The number of carbonyl (C=O) groups is 1. The molecule has 4 heteroatoms. The number of hydrogen-bond donors (Lipinski definition) is 1. The van der Waals surface area contributed by atoms with Crippen LogP contribution in [0.25, 0.3) is 5.65 Å². The number of rotatable bonds is 4. The van der Waals surface area contributed by atoms with Crippen LogP contribution < -0.4 is 5.32 Å². The normalized spacial score (nSPS) is 11.1. The first kappa shape index (κ1) is 12.6. The van der Waals surface area contributed by atoms with Crippen LogP contribution in [0.2, 0.25) is 0 Å². The molecule has 0 aliphatic carbocycles. The van der Waals surface area contributed by atoms with Crippen molar-refractivity contribution < 1.29 is 4.79 Å². The van der Waals surface area contributed by atoms with Gasteiger partial charge < -0.3 is 9.72 Å². The van der Waals surface area contributed by atoms with Crippen molar-refractivity contribution in [2.45, 2.75) is 27.2 Å². The highest BCUT2D eigenvalue weighted by Crippen LogP contribution is 2.07. The number of carbonyl (C=O) groups excluding carboxylic acids is 1. The molecule has 2 heterocycles. The SMILES string of the molecule is Cc1ccn2cc(C(=O)NCCC(C)C)nc2c1. The van der Waals surface area contributed by atoms with Crippen LogP contribution in [-0.2, 0) is 0 Å². The molecule has 2 aromatic heterocycles. The number of pyridine rings is 1. The minimum atomic E-state index is -0.1000. The maximum Gasteiger partial charge on any atom is 0.271 e. The third-order valence-electron chi connectivity index (χ3n) is 2.86. The van der Waals surface area contributed by atoms with Crippen molar-refractivity contribution in [3.8, 4) is 0 Å². The van der Waals surface area contributed by atoms with E-state index in [1.807, 2.05) is 29.7 Å². The molecule has 0 fully saturated rings. The molecule has 0 spiro atoms. The Kier molecular flexibility index (Phi) is 3.65. The van der Waals surface area contributed by atoms with Gasteiger partial charge in [-0.2, -0.15) is 0 Å². The molecule has 18 heavy (non-hydrogen) atoms. The van der Waals surface area contributed by atoms with Gasteiger partial charge in [0.1, 0.15) is 11.3 Å². The Morgan fingerprint density at radius 1 is 1.50 bits per heavy atom. The number of aromatic nitrogens is 2. The molecule has 0 atom stereocenters. The van der Waals surface area contributed by atoms with E-state index in [0.29, 0.717) is 18.2 Å². The molecule has 0 saturated heterocycles. The average Bonchev–Trinajstić information content (AvgIpc) is 2.71. The molecule has 2 aromatic rings. The van der Waals surface area contributed by atoms with Gasteiger partial charge in [0.2, 0.25) is 0 Å². The van der Waals surface area contributed by atoms with Gasteiger partial charge in [-0.3, -0.25) is 4.79 Å². The Labute approximate surface area is 107 Å². The lowest BCUT2D eigenvalue weighted by atomic mass is 10.1. The summed E-state index contributed by atoms with van der Waals surface area (Å²) in [7, 11) is 0. The highest BCUT2D eigenvalue weighted by Gasteiger charge is 2.10. The molecule has 0 saturated carbocycles. The fraction of sp³-hybridized carbons (Fsp3) is 0.429. The van der Waals surface area contributed by atoms with Crippen LogP contribution >= 0.6 is 0 Å². The van der Waals surface area contributed by atoms with Crippen molar-refractivity contribution >= 4 is 11.6 Å². The first-order chi connectivity index (χ1) is 8.56. The molecule has 2 rings (SSSR count). The first-order valence-corrected chi connectivity index (χ1v) is 6.30. The number of aryl methyl sites for hydroxylation is 1. The van der Waals surface area contributed by atoms with Crippen LogP contribution in [0.15, 0.2) is 24.5 Å². The fourth-order valence-electron chi connectivity index (χ4n) is 1.76. The predicted octanol–water partition coefficient (Wildman–Crippen LogP) is 2.42. The monoisotopic (exact) mass is 245 g/mol. The van der Waals surface area contributed by atoms with Crippen molar-refractivity contribution in [2.24, 2.45) is 5.92 Å². The van der Waals surface area contributed by atoms with E-state index in [9.17, 15) is 4.79 Å². The smallest absolute Gasteiger partial charge is 0.271 e. The summed E-state index contributed by atoms with van der Waals surface area (Å²) in [6.45, 7) is 6.99. The molecule has 0 unspecified atom stereocenters. The van der Waals surface area contributed by atoms with Crippen LogP contribution in [0.1, 0.15) is 36.3 Å². The lowest BCUT2D eigenvalue weighted by Crippen LogP contribution is -2.25. The second-order valence-electron chi connectivity index (χ2n) is 5.03. The van der Waals surface area contributed by atoms with Crippen molar-refractivity contribution in [1.82, 2.24) is 14.7 Å². The van der Waals surface area contributed by atoms with Gasteiger partial charge in [0.05, 0.1) is 0 Å². The number of fused-ring (bicyclic) bond motifs is 1. The minimum absolute atomic E-state index is 0.1000. The largest absolute Gasteiger partial charge is 0.351 e. The van der Waals surface area contributed by atoms with Gasteiger partial charge in [0.25, 0.3) is 5.91 Å². The lowest BCUT2D eigenvalue weighted by molar-refractivity contribution is 0.0947. The first-order valence-electron chi connectivity index (χ1n) is 6.30. The second-order valence-corrected chi connectivity index (χ2v) is 5.03. The number of nitrogens with zero attached hydrogens (tertiary/aromatic N) is 2. The van der Waals surface area contributed by atoms with E-state index in [1.165, 1.54) is 0 Å². The molecule has 4 nitrogen and oxygen atoms in total. The number of hydrogen-bond acceptors (Lipinski definition) is 2. The molecule has 0 radical (unpaired) electrons. The topological polar surface area (TPSA) is 46.4 Å². The van der Waals surface area contributed by atoms with E-state index in [2.05, 4.69) is 24.1 Å². The Bertz CT molecular complexity index is 557. The zero-order valence-corrected chi connectivity index (χ0v) is 11.1. The maximum absolute atomic E-state index is 11.9. The van der Waals surface area contributed by atoms with E-state index in [-0.39, 0.29) is 5.91 Å². The Hall–Kier alpha value is -1.84. The molecule has 0 aliphatic rings. The van der Waals surface area contributed by atoms with E-state index >= 15 is 0 Å². The van der Waals surface area contributed by atoms with Crippen LogP contribution in [-0.4, -0.2) is 21.8 Å². The molecule has 1 amide bonds. The van der Waals surface area contributed by atoms with Crippen LogP contribution in [0, 0.1) is 12.8 Å². The molecule has 96 valence electrons. The lowest BCUT2D eigenvalue weighted by Gasteiger charge is -2.04. The third-order valence-corrected chi connectivity index (χ3v) is 2.86. The molecule has 1 N–H and O–H groups in total. The number of imidazole rings is 1. The average molecular weight is 245 g/mol. The summed E-state index contributed by atoms with van der Waals surface area (Å²) < 4.78 is 1.87. The van der Waals surface area contributed by atoms with Crippen molar-refractivity contribution in [3.05, 3.63) is 35.8 Å². The molecule has 0 bridgehead atoms. The fourth-order valence-corrected chi connectivity index (χ4v) is 1.76. The molecule has 0 aromatic carbocycles. The summed E-state index contributed by atoms with van der Waals surface area (Å²) in [6.07, 6.45) is 4.67. The highest BCUT2D eigenvalue weighted by atomic mass is 16.1. The quantitative estimate of drug-likeness (QED) is 0.899. The van der Waals surface area contributed by atoms with E-state index in [4.69, 9.17) is 0 Å². The molecular weight excluding hydrogens is 226 g/mol. The Balaban J connectivity index is 2.08. The minimum Gasteiger partial charge on any atom is -0.351 e. The zero-order chi connectivity index (χ0) is 13.1. The predicted molar refractivity (Wildman–Crippen MR) is 71.7 cm³/mol. The molecular formula is C14H19N3O.